The van der Waals surface area contributed by atoms with Crippen molar-refractivity contribution in [2.24, 2.45) is 0 Å². The number of nitrogens with zero attached hydrogens (tertiary/aromatic N) is 4. The molecule has 4 nitrogen and oxygen atoms in total. The van der Waals surface area contributed by atoms with Crippen LogP contribution in [0.15, 0.2) is 158 Å². The van der Waals surface area contributed by atoms with Gasteiger partial charge in [0.05, 0.1) is 50.6 Å². The lowest BCUT2D eigenvalue weighted by Gasteiger charge is -2.16. The van der Waals surface area contributed by atoms with Crippen molar-refractivity contribution < 1.29 is 0 Å². The Kier molecular flexibility index (Phi) is 6.22. The van der Waals surface area contributed by atoms with Crippen LogP contribution in [-0.2, 0) is 0 Å². The number of rotatable bonds is 4. The minimum Gasteiger partial charge on any atom is -0.309 e. The third-order valence-corrected chi connectivity index (χ3v) is 9.41. The number of aromatic nitrogens is 2. The first-order chi connectivity index (χ1) is 23.7. The molecule has 0 aliphatic heterocycles. The van der Waals surface area contributed by atoms with E-state index in [-0.39, 0.29) is 0 Å². The summed E-state index contributed by atoms with van der Waals surface area (Å²) in [5.74, 6) is 0. The van der Waals surface area contributed by atoms with Crippen LogP contribution >= 0.6 is 0 Å². The Morgan fingerprint density at radius 2 is 0.854 bits per heavy atom. The van der Waals surface area contributed by atoms with Gasteiger partial charge in [0.1, 0.15) is 6.07 Å². The molecule has 0 atom stereocenters. The van der Waals surface area contributed by atoms with Gasteiger partial charge in [-0.3, -0.25) is 0 Å². The molecule has 0 N–H and O–H groups in total. The molecule has 0 aliphatic rings. The third kappa shape index (κ3) is 4.07. The van der Waals surface area contributed by atoms with Crippen LogP contribution in [0, 0.1) is 22.7 Å². The molecule has 0 amide bonds. The molecule has 4 heteroatoms. The summed E-state index contributed by atoms with van der Waals surface area (Å²) in [5, 5.41) is 25.3. The summed E-state index contributed by atoms with van der Waals surface area (Å²) in [6, 6.07) is 58.8. The van der Waals surface area contributed by atoms with E-state index in [2.05, 4.69) is 124 Å². The van der Waals surface area contributed by atoms with Crippen molar-refractivity contribution >= 4 is 43.6 Å². The largest absolute Gasteiger partial charge is 0.309 e. The summed E-state index contributed by atoms with van der Waals surface area (Å²) >= 11 is 0. The minimum atomic E-state index is 0.589. The highest BCUT2D eigenvalue weighted by molar-refractivity contribution is 6.10. The van der Waals surface area contributed by atoms with Crippen molar-refractivity contribution in [1.29, 1.82) is 10.5 Å². The van der Waals surface area contributed by atoms with Crippen molar-refractivity contribution in [3.05, 3.63) is 169 Å². The van der Waals surface area contributed by atoms with Crippen molar-refractivity contribution in [3.63, 3.8) is 0 Å². The molecule has 0 fully saturated rings. The average Bonchev–Trinajstić information content (AvgIpc) is 3.67. The molecular weight excluding hydrogens is 585 g/mol. The molecule has 0 unspecified atom stereocenters. The lowest BCUT2D eigenvalue weighted by atomic mass is 9.94. The second-order valence-corrected chi connectivity index (χ2v) is 12.0. The molecule has 0 radical (unpaired) electrons. The maximum atomic E-state index is 10.7. The quantitative estimate of drug-likeness (QED) is 0.199. The standard InChI is InChI=1S/C44H26N4/c45-27-29-23-24-44(48-41-20-7-3-15-35(41)36-16-4-8-21-42(36)48)37(25-29)31-12-9-11-30(26-31)32-17-10-22-43(38(32)28-46)47-39-18-5-1-13-33(39)34-14-2-6-19-40(34)47/h1-26H. The summed E-state index contributed by atoms with van der Waals surface area (Å²) in [5.41, 5.74) is 11.1. The number of para-hydroxylation sites is 4. The van der Waals surface area contributed by atoms with Crippen LogP contribution in [0.3, 0.4) is 0 Å². The molecular formula is C44H26N4. The average molecular weight is 611 g/mol. The Morgan fingerprint density at radius 3 is 1.38 bits per heavy atom. The number of hydrogen-bond donors (Lipinski definition) is 0. The van der Waals surface area contributed by atoms with E-state index >= 15 is 0 Å². The lowest BCUT2D eigenvalue weighted by Crippen LogP contribution is -2.00. The molecule has 48 heavy (non-hydrogen) atoms. The fourth-order valence-corrected chi connectivity index (χ4v) is 7.33. The van der Waals surface area contributed by atoms with Gasteiger partial charge in [-0.15, -0.1) is 0 Å². The van der Waals surface area contributed by atoms with Gasteiger partial charge in [-0.05, 0) is 65.7 Å². The van der Waals surface area contributed by atoms with Crippen LogP contribution < -0.4 is 0 Å². The van der Waals surface area contributed by atoms with Gasteiger partial charge < -0.3 is 9.13 Å². The Balaban J connectivity index is 1.26. The summed E-state index contributed by atoms with van der Waals surface area (Å²) < 4.78 is 4.49. The zero-order valence-electron chi connectivity index (χ0n) is 25.8. The van der Waals surface area contributed by atoms with Gasteiger partial charge in [0.15, 0.2) is 0 Å². The Labute approximate surface area is 277 Å². The molecule has 222 valence electrons. The first-order valence-corrected chi connectivity index (χ1v) is 15.9. The highest BCUT2D eigenvalue weighted by atomic mass is 15.0. The van der Waals surface area contributed by atoms with E-state index in [0.29, 0.717) is 11.1 Å². The van der Waals surface area contributed by atoms with Crippen molar-refractivity contribution in [3.8, 4) is 45.8 Å². The molecule has 7 aromatic carbocycles. The number of hydrogen-bond acceptors (Lipinski definition) is 2. The van der Waals surface area contributed by atoms with Crippen LogP contribution in [-0.4, -0.2) is 9.13 Å². The van der Waals surface area contributed by atoms with Crippen molar-refractivity contribution in [1.82, 2.24) is 9.13 Å². The Bertz CT molecular complexity index is 2710. The smallest absolute Gasteiger partial charge is 0.102 e. The molecule has 0 aliphatic carbocycles. The van der Waals surface area contributed by atoms with Crippen molar-refractivity contribution in [2.45, 2.75) is 0 Å². The normalized spacial score (nSPS) is 11.3. The van der Waals surface area contributed by atoms with Gasteiger partial charge in [0.2, 0.25) is 0 Å². The lowest BCUT2D eigenvalue weighted by molar-refractivity contribution is 1.17. The predicted molar refractivity (Wildman–Crippen MR) is 195 cm³/mol. The number of benzene rings is 7. The van der Waals surface area contributed by atoms with Crippen LogP contribution in [0.4, 0.5) is 0 Å². The molecule has 0 saturated heterocycles. The van der Waals surface area contributed by atoms with Gasteiger partial charge >= 0.3 is 0 Å². The van der Waals surface area contributed by atoms with Crippen LogP contribution in [0.1, 0.15) is 11.1 Å². The van der Waals surface area contributed by atoms with Gasteiger partial charge in [-0.2, -0.15) is 10.5 Å². The van der Waals surface area contributed by atoms with Crippen LogP contribution in [0.2, 0.25) is 0 Å². The Morgan fingerprint density at radius 1 is 0.375 bits per heavy atom. The second kappa shape index (κ2) is 10.9. The van der Waals surface area contributed by atoms with Gasteiger partial charge in [-0.1, -0.05) is 103 Å². The fourth-order valence-electron chi connectivity index (χ4n) is 7.33. The Hall–Kier alpha value is -6.88. The minimum absolute atomic E-state index is 0.589. The zero-order valence-corrected chi connectivity index (χ0v) is 25.8. The molecule has 9 aromatic rings. The van der Waals surface area contributed by atoms with Crippen molar-refractivity contribution in [2.75, 3.05) is 0 Å². The fraction of sp³-hybridized carbons (Fsp3) is 0. The van der Waals surface area contributed by atoms with E-state index in [1.165, 1.54) is 10.8 Å². The molecule has 9 rings (SSSR count). The van der Waals surface area contributed by atoms with Crippen LogP contribution in [0.25, 0.3) is 77.2 Å². The van der Waals surface area contributed by atoms with E-state index in [0.717, 1.165) is 66.5 Å². The first kappa shape index (κ1) is 27.4. The van der Waals surface area contributed by atoms with Crippen LogP contribution in [0.5, 0.6) is 0 Å². The highest BCUT2D eigenvalue weighted by Crippen LogP contribution is 2.39. The van der Waals surface area contributed by atoms with Gasteiger partial charge in [0, 0.05) is 32.7 Å². The summed E-state index contributed by atoms with van der Waals surface area (Å²) in [6.45, 7) is 0. The summed E-state index contributed by atoms with van der Waals surface area (Å²) in [7, 11) is 0. The topological polar surface area (TPSA) is 57.4 Å². The maximum Gasteiger partial charge on any atom is 0.102 e. The molecule has 0 bridgehead atoms. The van der Waals surface area contributed by atoms with Gasteiger partial charge in [-0.25, -0.2) is 0 Å². The number of fused-ring (bicyclic) bond motifs is 6. The molecule has 0 saturated carbocycles. The van der Waals surface area contributed by atoms with E-state index in [9.17, 15) is 10.5 Å². The zero-order chi connectivity index (χ0) is 32.2. The molecule has 0 spiro atoms. The first-order valence-electron chi connectivity index (χ1n) is 15.9. The van der Waals surface area contributed by atoms with Gasteiger partial charge in [0.25, 0.3) is 0 Å². The summed E-state index contributed by atoms with van der Waals surface area (Å²) in [4.78, 5) is 0. The second-order valence-electron chi connectivity index (χ2n) is 12.0. The van der Waals surface area contributed by atoms with E-state index in [1.54, 1.807) is 0 Å². The predicted octanol–water partition coefficient (Wildman–Crippen LogP) is 11.0. The van der Waals surface area contributed by atoms with E-state index in [1.807, 2.05) is 54.6 Å². The number of nitriles is 2. The molecule has 2 heterocycles. The SMILES string of the molecule is N#Cc1ccc(-n2c3ccccc3c3ccccc32)c(-c2cccc(-c3cccc(-n4c5ccccc5c5ccccc54)c3C#N)c2)c1. The summed E-state index contributed by atoms with van der Waals surface area (Å²) in [6.07, 6.45) is 0. The monoisotopic (exact) mass is 610 g/mol. The third-order valence-electron chi connectivity index (χ3n) is 9.41. The van der Waals surface area contributed by atoms with E-state index in [4.69, 9.17) is 0 Å². The molecule has 2 aromatic heterocycles. The highest BCUT2D eigenvalue weighted by Gasteiger charge is 2.19. The van der Waals surface area contributed by atoms with E-state index < -0.39 is 0 Å². The maximum absolute atomic E-state index is 10.7.